The number of aromatic nitrogens is 2. The number of aromatic hydroxyl groups is 1. The van der Waals surface area contributed by atoms with Crippen molar-refractivity contribution in [3.63, 3.8) is 0 Å². The molecule has 0 spiro atoms. The maximum atomic E-state index is 13.8. The Labute approximate surface area is 255 Å². The number of ether oxygens (including phenoxy) is 1. The molecule has 0 saturated carbocycles. The average Bonchev–Trinajstić information content (AvgIpc) is 3.00. The number of carbonyl (C=O) groups excluding carboxylic acids is 2. The number of nitrogens with one attached hydrogen (secondary N) is 1. The molecule has 4 heterocycles. The molecular formula is C32H47N7O4. The van der Waals surface area contributed by atoms with Gasteiger partial charge in [0.05, 0.1) is 17.3 Å². The molecule has 11 heteroatoms. The second kappa shape index (κ2) is 13.0. The quantitative estimate of drug-likeness (QED) is 0.530. The maximum absolute atomic E-state index is 13.8. The Morgan fingerprint density at radius 3 is 2.40 bits per heavy atom. The number of benzene rings is 1. The van der Waals surface area contributed by atoms with E-state index in [0.29, 0.717) is 55.8 Å². The van der Waals surface area contributed by atoms with Crippen LogP contribution in [0.25, 0.3) is 11.3 Å². The summed E-state index contributed by atoms with van der Waals surface area (Å²) in [7, 11) is 1.83. The van der Waals surface area contributed by atoms with Crippen LogP contribution >= 0.6 is 0 Å². The highest BCUT2D eigenvalue weighted by Gasteiger charge is 2.37. The van der Waals surface area contributed by atoms with Crippen molar-refractivity contribution in [1.29, 1.82) is 0 Å². The first-order chi connectivity index (χ1) is 20.5. The van der Waals surface area contributed by atoms with Crippen LogP contribution in [-0.2, 0) is 9.53 Å². The SMILES string of the molecule is CNc1nnc(-c2ccccc2O)cc1N1CCN(C(=O)[C@@H]2CCCN(C3CCN(C(=O)OC(C)(C)C)CC3)C2)C[C@@H]1C. The summed E-state index contributed by atoms with van der Waals surface area (Å²) in [4.78, 5) is 34.9. The van der Waals surface area contributed by atoms with E-state index in [1.54, 1.807) is 12.1 Å². The van der Waals surface area contributed by atoms with Gasteiger partial charge in [-0.3, -0.25) is 9.69 Å². The number of anilines is 2. The number of likely N-dealkylation sites (tertiary alicyclic amines) is 2. The number of nitrogens with zero attached hydrogens (tertiary/aromatic N) is 6. The molecule has 2 atom stereocenters. The summed E-state index contributed by atoms with van der Waals surface area (Å²) in [6.07, 6.45) is 3.52. The molecule has 1 aromatic carbocycles. The van der Waals surface area contributed by atoms with E-state index in [1.807, 2.05) is 55.8 Å². The third-order valence-electron chi connectivity index (χ3n) is 8.87. The first-order valence-corrected chi connectivity index (χ1v) is 15.7. The lowest BCUT2D eigenvalue weighted by Crippen LogP contribution is -2.57. The Morgan fingerprint density at radius 1 is 0.977 bits per heavy atom. The van der Waals surface area contributed by atoms with E-state index in [9.17, 15) is 14.7 Å². The van der Waals surface area contributed by atoms with Crippen molar-refractivity contribution in [2.75, 3.05) is 63.1 Å². The lowest BCUT2D eigenvalue weighted by molar-refractivity contribution is -0.138. The van der Waals surface area contributed by atoms with Gasteiger partial charge in [0, 0.05) is 64.0 Å². The zero-order chi connectivity index (χ0) is 30.7. The minimum absolute atomic E-state index is 0.000458. The molecule has 0 bridgehead atoms. The first kappa shape index (κ1) is 30.8. The van der Waals surface area contributed by atoms with Crippen LogP contribution in [0.15, 0.2) is 30.3 Å². The molecule has 1 aromatic heterocycles. The molecule has 0 unspecified atom stereocenters. The number of phenolic OH excluding ortho intramolecular Hbond substituents is 1. The third-order valence-corrected chi connectivity index (χ3v) is 8.87. The number of hydrogen-bond acceptors (Lipinski definition) is 9. The molecule has 2 N–H and O–H groups in total. The highest BCUT2D eigenvalue weighted by molar-refractivity contribution is 5.80. The van der Waals surface area contributed by atoms with Gasteiger partial charge in [0.25, 0.3) is 0 Å². The Balaban J connectivity index is 1.18. The Kier molecular flexibility index (Phi) is 9.29. The Hall–Kier alpha value is -3.60. The molecule has 2 aromatic rings. The van der Waals surface area contributed by atoms with Crippen LogP contribution in [0, 0.1) is 5.92 Å². The van der Waals surface area contributed by atoms with Crippen LogP contribution in [0.5, 0.6) is 5.75 Å². The number of hydrogen-bond donors (Lipinski definition) is 2. The fraction of sp³-hybridized carbons (Fsp3) is 0.625. The van der Waals surface area contributed by atoms with E-state index in [4.69, 9.17) is 4.74 Å². The number of piperazine rings is 1. The third kappa shape index (κ3) is 7.14. The number of amides is 2. The fourth-order valence-corrected chi connectivity index (χ4v) is 6.65. The summed E-state index contributed by atoms with van der Waals surface area (Å²) in [5, 5.41) is 22.3. The molecular weight excluding hydrogens is 546 g/mol. The van der Waals surface area contributed by atoms with Crippen LogP contribution in [0.1, 0.15) is 53.4 Å². The molecule has 3 aliphatic rings. The van der Waals surface area contributed by atoms with Gasteiger partial charge in [0.1, 0.15) is 11.4 Å². The van der Waals surface area contributed by atoms with Crippen molar-refractivity contribution in [3.05, 3.63) is 30.3 Å². The van der Waals surface area contributed by atoms with Gasteiger partial charge in [-0.1, -0.05) is 12.1 Å². The summed E-state index contributed by atoms with van der Waals surface area (Å²) in [6.45, 7) is 13.0. The van der Waals surface area contributed by atoms with Crippen LogP contribution < -0.4 is 10.2 Å². The number of phenols is 1. The van der Waals surface area contributed by atoms with Gasteiger partial charge < -0.3 is 29.9 Å². The lowest BCUT2D eigenvalue weighted by atomic mass is 9.92. The van der Waals surface area contributed by atoms with E-state index in [0.717, 1.165) is 44.5 Å². The summed E-state index contributed by atoms with van der Waals surface area (Å²) in [5.74, 6) is 1.09. The second-order valence-corrected chi connectivity index (χ2v) is 13.1. The van der Waals surface area contributed by atoms with E-state index < -0.39 is 5.60 Å². The normalized spacial score (nSPS) is 22.4. The number of para-hydroxylation sites is 1. The van der Waals surface area contributed by atoms with Gasteiger partial charge >= 0.3 is 6.09 Å². The second-order valence-electron chi connectivity index (χ2n) is 13.1. The maximum Gasteiger partial charge on any atom is 0.410 e. The van der Waals surface area contributed by atoms with Crippen LogP contribution in [0.3, 0.4) is 0 Å². The number of carbonyl (C=O) groups is 2. The average molecular weight is 594 g/mol. The smallest absolute Gasteiger partial charge is 0.410 e. The molecule has 5 rings (SSSR count). The highest BCUT2D eigenvalue weighted by atomic mass is 16.6. The minimum Gasteiger partial charge on any atom is -0.507 e. The van der Waals surface area contributed by atoms with Gasteiger partial charge in [0.2, 0.25) is 5.91 Å². The predicted molar refractivity (Wildman–Crippen MR) is 167 cm³/mol. The summed E-state index contributed by atoms with van der Waals surface area (Å²) in [5.41, 5.74) is 1.67. The molecule has 11 nitrogen and oxygen atoms in total. The zero-order valence-corrected chi connectivity index (χ0v) is 26.3. The van der Waals surface area contributed by atoms with Gasteiger partial charge in [-0.2, -0.15) is 0 Å². The summed E-state index contributed by atoms with van der Waals surface area (Å²) < 4.78 is 5.56. The monoisotopic (exact) mass is 593 g/mol. The number of rotatable bonds is 5. The van der Waals surface area contributed by atoms with E-state index in [2.05, 4.69) is 32.2 Å². The summed E-state index contributed by atoms with van der Waals surface area (Å²) >= 11 is 0. The molecule has 3 aliphatic heterocycles. The largest absolute Gasteiger partial charge is 0.507 e. The summed E-state index contributed by atoms with van der Waals surface area (Å²) in [6, 6.07) is 9.58. The Bertz CT molecular complexity index is 1290. The Morgan fingerprint density at radius 2 is 1.72 bits per heavy atom. The van der Waals surface area contributed by atoms with Crippen molar-refractivity contribution >= 4 is 23.5 Å². The van der Waals surface area contributed by atoms with Gasteiger partial charge in [-0.25, -0.2) is 4.79 Å². The van der Waals surface area contributed by atoms with E-state index in [-0.39, 0.29) is 29.7 Å². The van der Waals surface area contributed by atoms with Crippen molar-refractivity contribution < 1.29 is 19.4 Å². The first-order valence-electron chi connectivity index (χ1n) is 15.7. The number of piperidine rings is 2. The standard InChI is InChI=1S/C32H47N7O4/c1-22-20-38(17-18-39(22)27-19-26(34-35-29(27)33-5)25-10-6-7-11-28(25)40)30(41)23-9-8-14-37(21-23)24-12-15-36(16-13-24)31(42)43-32(2,3)4/h6-7,10-11,19,22-24,40H,8-9,12-18,20-21H2,1-5H3,(H,33,35)/t22-,23+/m0/s1. The van der Waals surface area contributed by atoms with Gasteiger partial charge in [-0.15, -0.1) is 10.2 Å². The van der Waals surface area contributed by atoms with Crippen molar-refractivity contribution in [1.82, 2.24) is 24.9 Å². The van der Waals surface area contributed by atoms with Crippen molar-refractivity contribution in [2.24, 2.45) is 5.92 Å². The fourth-order valence-electron chi connectivity index (χ4n) is 6.65. The molecule has 2 amide bonds. The zero-order valence-electron chi connectivity index (χ0n) is 26.3. The molecule has 234 valence electrons. The van der Waals surface area contributed by atoms with Crippen molar-refractivity contribution in [3.8, 4) is 17.0 Å². The van der Waals surface area contributed by atoms with Crippen molar-refractivity contribution in [2.45, 2.75) is 71.1 Å². The molecule has 3 saturated heterocycles. The van der Waals surface area contributed by atoms with E-state index in [1.165, 1.54) is 0 Å². The molecule has 0 aliphatic carbocycles. The topological polar surface area (TPSA) is 114 Å². The van der Waals surface area contributed by atoms with Crippen LogP contribution in [-0.4, -0.2) is 113 Å². The van der Waals surface area contributed by atoms with Crippen LogP contribution in [0.2, 0.25) is 0 Å². The predicted octanol–water partition coefficient (Wildman–Crippen LogP) is 4.04. The molecule has 3 fully saturated rings. The highest BCUT2D eigenvalue weighted by Crippen LogP contribution is 2.34. The van der Waals surface area contributed by atoms with Crippen LogP contribution in [0.4, 0.5) is 16.3 Å². The molecule has 0 radical (unpaired) electrons. The molecule has 43 heavy (non-hydrogen) atoms. The lowest BCUT2D eigenvalue weighted by Gasteiger charge is -2.45. The van der Waals surface area contributed by atoms with Gasteiger partial charge in [-0.05, 0) is 78.1 Å². The minimum atomic E-state index is -0.489. The van der Waals surface area contributed by atoms with E-state index >= 15 is 0 Å². The van der Waals surface area contributed by atoms with Gasteiger partial charge in [0.15, 0.2) is 5.82 Å².